The molecule has 1 saturated heterocycles. The summed E-state index contributed by atoms with van der Waals surface area (Å²) in [6.07, 6.45) is 1.11. The van der Waals surface area contributed by atoms with Crippen molar-refractivity contribution in [2.24, 2.45) is 0 Å². The lowest BCUT2D eigenvalue weighted by Crippen LogP contribution is -2.54. The summed E-state index contributed by atoms with van der Waals surface area (Å²) in [7, 11) is 0. The average Bonchev–Trinajstić information content (AvgIpc) is 2.32. The van der Waals surface area contributed by atoms with Gasteiger partial charge in [-0.25, -0.2) is 4.39 Å². The first-order valence-electron chi connectivity index (χ1n) is 6.41. The van der Waals surface area contributed by atoms with Crippen molar-refractivity contribution in [3.63, 3.8) is 0 Å². The molecule has 0 saturated carbocycles. The minimum atomic E-state index is -0.0893. The Kier molecular flexibility index (Phi) is 4.13. The lowest BCUT2D eigenvalue weighted by molar-refractivity contribution is 0.123. The second-order valence-corrected chi connectivity index (χ2v) is 4.89. The van der Waals surface area contributed by atoms with Gasteiger partial charge >= 0.3 is 0 Å². The molecule has 2 unspecified atom stereocenters. The van der Waals surface area contributed by atoms with E-state index in [1.54, 1.807) is 12.1 Å². The van der Waals surface area contributed by atoms with Gasteiger partial charge in [0, 0.05) is 37.3 Å². The summed E-state index contributed by atoms with van der Waals surface area (Å²) in [6, 6.07) is 8.09. The van der Waals surface area contributed by atoms with E-state index in [4.69, 9.17) is 0 Å². The average molecular weight is 236 g/mol. The van der Waals surface area contributed by atoms with Crippen molar-refractivity contribution < 1.29 is 4.39 Å². The summed E-state index contributed by atoms with van der Waals surface area (Å²) in [5.74, 6) is -0.0893. The Bertz CT molecular complexity index is 367. The molecule has 2 nitrogen and oxygen atoms in total. The van der Waals surface area contributed by atoms with Crippen molar-refractivity contribution in [2.45, 2.75) is 38.9 Å². The Labute approximate surface area is 103 Å². The summed E-state index contributed by atoms with van der Waals surface area (Å²) >= 11 is 0. The molecule has 1 aliphatic heterocycles. The molecule has 1 heterocycles. The largest absolute Gasteiger partial charge is 0.311 e. The van der Waals surface area contributed by atoms with E-state index in [0.29, 0.717) is 12.1 Å². The third kappa shape index (κ3) is 3.05. The van der Waals surface area contributed by atoms with Gasteiger partial charge in [0.2, 0.25) is 0 Å². The maximum Gasteiger partial charge on any atom is 0.127 e. The highest BCUT2D eigenvalue weighted by atomic mass is 19.1. The number of piperazine rings is 1. The molecule has 2 atom stereocenters. The Morgan fingerprint density at radius 2 is 2.18 bits per heavy atom. The zero-order valence-electron chi connectivity index (χ0n) is 10.6. The Balaban J connectivity index is 2.07. The second kappa shape index (κ2) is 5.61. The van der Waals surface area contributed by atoms with Crippen molar-refractivity contribution in [1.82, 2.24) is 10.2 Å². The lowest BCUT2D eigenvalue weighted by atomic mass is 10.1. The van der Waals surface area contributed by atoms with Crippen LogP contribution in [0.3, 0.4) is 0 Å². The summed E-state index contributed by atoms with van der Waals surface area (Å²) in [4.78, 5) is 2.39. The summed E-state index contributed by atoms with van der Waals surface area (Å²) in [6.45, 7) is 7.09. The molecule has 1 aromatic carbocycles. The molecule has 3 heteroatoms. The number of rotatable bonds is 3. The topological polar surface area (TPSA) is 15.3 Å². The lowest BCUT2D eigenvalue weighted by Gasteiger charge is -2.39. The first-order valence-corrected chi connectivity index (χ1v) is 6.41. The van der Waals surface area contributed by atoms with Crippen molar-refractivity contribution in [3.05, 3.63) is 35.6 Å². The maximum absolute atomic E-state index is 13.6. The molecular formula is C14H21FN2. The first kappa shape index (κ1) is 12.5. The van der Waals surface area contributed by atoms with Crippen LogP contribution in [0.4, 0.5) is 4.39 Å². The fourth-order valence-corrected chi connectivity index (χ4v) is 2.47. The van der Waals surface area contributed by atoms with Gasteiger partial charge in [0.1, 0.15) is 5.82 Å². The smallest absolute Gasteiger partial charge is 0.127 e. The highest BCUT2D eigenvalue weighted by Crippen LogP contribution is 2.16. The first-order chi connectivity index (χ1) is 8.20. The molecule has 0 bridgehead atoms. The molecule has 0 aliphatic carbocycles. The van der Waals surface area contributed by atoms with Gasteiger partial charge in [-0.3, -0.25) is 4.90 Å². The summed E-state index contributed by atoms with van der Waals surface area (Å²) < 4.78 is 13.6. The van der Waals surface area contributed by atoms with Crippen LogP contribution >= 0.6 is 0 Å². The zero-order chi connectivity index (χ0) is 12.3. The third-order valence-corrected chi connectivity index (χ3v) is 3.53. The highest BCUT2D eigenvalue weighted by molar-refractivity contribution is 5.17. The van der Waals surface area contributed by atoms with Crippen LogP contribution in [0.15, 0.2) is 24.3 Å². The quantitative estimate of drug-likeness (QED) is 0.867. The minimum Gasteiger partial charge on any atom is -0.311 e. The van der Waals surface area contributed by atoms with Gasteiger partial charge in [-0.2, -0.15) is 0 Å². The van der Waals surface area contributed by atoms with E-state index in [2.05, 4.69) is 24.1 Å². The van der Waals surface area contributed by atoms with E-state index in [1.807, 2.05) is 12.1 Å². The number of benzene rings is 1. The van der Waals surface area contributed by atoms with Gasteiger partial charge in [0.25, 0.3) is 0 Å². The predicted octanol–water partition coefficient (Wildman–Crippen LogP) is 2.40. The van der Waals surface area contributed by atoms with Gasteiger partial charge in [0.05, 0.1) is 0 Å². The maximum atomic E-state index is 13.6. The molecule has 1 aliphatic rings. The van der Waals surface area contributed by atoms with Gasteiger partial charge in [-0.05, 0) is 19.4 Å². The molecule has 0 spiro atoms. The van der Waals surface area contributed by atoms with Gasteiger partial charge in [-0.1, -0.05) is 25.1 Å². The molecule has 0 radical (unpaired) electrons. The van der Waals surface area contributed by atoms with Gasteiger partial charge < -0.3 is 5.32 Å². The molecule has 2 rings (SSSR count). The number of nitrogens with one attached hydrogen (secondary N) is 1. The van der Waals surface area contributed by atoms with E-state index in [0.717, 1.165) is 31.6 Å². The zero-order valence-corrected chi connectivity index (χ0v) is 10.6. The fourth-order valence-electron chi connectivity index (χ4n) is 2.47. The van der Waals surface area contributed by atoms with Crippen molar-refractivity contribution >= 4 is 0 Å². The predicted molar refractivity (Wildman–Crippen MR) is 68.4 cm³/mol. The van der Waals surface area contributed by atoms with Crippen LogP contribution in [-0.4, -0.2) is 30.1 Å². The van der Waals surface area contributed by atoms with Crippen LogP contribution in [0.5, 0.6) is 0 Å². The number of nitrogens with zero attached hydrogens (tertiary/aromatic N) is 1. The minimum absolute atomic E-state index is 0.0893. The standard InChI is InChI=1S/C14H21FN2/c1-3-13-8-16-11(2)9-17(13)10-12-6-4-5-7-14(12)15/h4-7,11,13,16H,3,8-10H2,1-2H3. The number of hydrogen-bond donors (Lipinski definition) is 1. The van der Waals surface area contributed by atoms with Crippen LogP contribution in [-0.2, 0) is 6.54 Å². The molecule has 0 aromatic heterocycles. The van der Waals surface area contributed by atoms with E-state index in [9.17, 15) is 4.39 Å². The Hall–Kier alpha value is -0.930. The van der Waals surface area contributed by atoms with Crippen LogP contribution in [0.25, 0.3) is 0 Å². The van der Waals surface area contributed by atoms with E-state index in [-0.39, 0.29) is 5.82 Å². The molecule has 17 heavy (non-hydrogen) atoms. The Morgan fingerprint density at radius 3 is 2.88 bits per heavy atom. The summed E-state index contributed by atoms with van der Waals surface area (Å²) in [5.41, 5.74) is 0.806. The molecule has 0 amide bonds. The molecule has 1 aromatic rings. The number of halogens is 1. The molecule has 1 fully saturated rings. The second-order valence-electron chi connectivity index (χ2n) is 4.89. The van der Waals surface area contributed by atoms with Gasteiger partial charge in [0.15, 0.2) is 0 Å². The summed E-state index contributed by atoms with van der Waals surface area (Å²) in [5, 5.41) is 3.48. The van der Waals surface area contributed by atoms with Crippen LogP contribution in [0.2, 0.25) is 0 Å². The molecule has 94 valence electrons. The highest BCUT2D eigenvalue weighted by Gasteiger charge is 2.24. The number of hydrogen-bond acceptors (Lipinski definition) is 2. The normalized spacial score (nSPS) is 26.1. The van der Waals surface area contributed by atoms with Gasteiger partial charge in [-0.15, -0.1) is 0 Å². The third-order valence-electron chi connectivity index (χ3n) is 3.53. The Morgan fingerprint density at radius 1 is 1.41 bits per heavy atom. The van der Waals surface area contributed by atoms with Crippen molar-refractivity contribution in [2.75, 3.05) is 13.1 Å². The van der Waals surface area contributed by atoms with Crippen LogP contribution < -0.4 is 5.32 Å². The SMILES string of the molecule is CCC1CNC(C)CN1Cc1ccccc1F. The van der Waals surface area contributed by atoms with E-state index < -0.39 is 0 Å². The van der Waals surface area contributed by atoms with Crippen LogP contribution in [0.1, 0.15) is 25.8 Å². The monoisotopic (exact) mass is 236 g/mol. The van der Waals surface area contributed by atoms with Crippen molar-refractivity contribution in [3.8, 4) is 0 Å². The fraction of sp³-hybridized carbons (Fsp3) is 0.571. The van der Waals surface area contributed by atoms with E-state index in [1.165, 1.54) is 0 Å². The van der Waals surface area contributed by atoms with E-state index >= 15 is 0 Å². The van der Waals surface area contributed by atoms with Crippen molar-refractivity contribution in [1.29, 1.82) is 0 Å². The molecular weight excluding hydrogens is 215 g/mol. The molecule has 1 N–H and O–H groups in total. The van der Waals surface area contributed by atoms with Crippen LogP contribution in [0, 0.1) is 5.82 Å².